The number of ether oxygens (including phenoxy) is 1. The number of rotatable bonds is 4. The number of hydrogen-bond donors (Lipinski definition) is 1. The molecule has 1 fully saturated rings. The first kappa shape index (κ1) is 12.0. The van der Waals surface area contributed by atoms with Gasteiger partial charge < -0.3 is 9.84 Å². The fourth-order valence-corrected chi connectivity index (χ4v) is 2.17. The molecule has 6 nitrogen and oxygen atoms in total. The van der Waals surface area contributed by atoms with E-state index in [0.717, 1.165) is 32.6 Å². The molecule has 0 spiro atoms. The van der Waals surface area contributed by atoms with Crippen molar-refractivity contribution < 1.29 is 14.6 Å². The number of aromatic nitrogens is 3. The lowest BCUT2D eigenvalue weighted by Crippen LogP contribution is -2.22. The number of hydrogen-bond acceptors (Lipinski definition) is 4. The maximum absolute atomic E-state index is 11.0. The summed E-state index contributed by atoms with van der Waals surface area (Å²) in [5, 5.41) is 16.7. The molecule has 0 atom stereocenters. The Morgan fingerprint density at radius 1 is 1.53 bits per heavy atom. The minimum absolute atomic E-state index is 0.0829. The maximum Gasteiger partial charge on any atom is 0.358 e. The molecule has 1 aliphatic rings. The van der Waals surface area contributed by atoms with E-state index in [1.807, 2.05) is 6.92 Å². The highest BCUT2D eigenvalue weighted by Gasteiger charge is 2.21. The van der Waals surface area contributed by atoms with Crippen LogP contribution in [-0.4, -0.2) is 39.3 Å². The van der Waals surface area contributed by atoms with Crippen LogP contribution in [0.5, 0.6) is 0 Å². The number of carboxylic acid groups (broad SMARTS) is 1. The molecule has 2 rings (SSSR count). The topological polar surface area (TPSA) is 77.2 Å². The molecule has 1 saturated heterocycles. The summed E-state index contributed by atoms with van der Waals surface area (Å²) in [5.41, 5.74) is 0.795. The molecule has 0 bridgehead atoms. The third-order valence-corrected chi connectivity index (χ3v) is 3.15. The van der Waals surface area contributed by atoms with Crippen molar-refractivity contribution in [2.45, 2.75) is 32.7 Å². The van der Waals surface area contributed by atoms with Gasteiger partial charge in [0, 0.05) is 19.8 Å². The zero-order chi connectivity index (χ0) is 12.3. The zero-order valence-corrected chi connectivity index (χ0v) is 9.93. The van der Waals surface area contributed by atoms with Crippen LogP contribution in [0.15, 0.2) is 0 Å². The molecule has 1 aliphatic heterocycles. The highest BCUT2D eigenvalue weighted by atomic mass is 16.5. The fourth-order valence-electron chi connectivity index (χ4n) is 2.17. The van der Waals surface area contributed by atoms with Crippen molar-refractivity contribution in [1.29, 1.82) is 0 Å². The molecule has 2 heterocycles. The molecule has 1 N–H and O–H groups in total. The third kappa shape index (κ3) is 2.63. The van der Waals surface area contributed by atoms with Crippen LogP contribution in [0.3, 0.4) is 0 Å². The van der Waals surface area contributed by atoms with Gasteiger partial charge in [-0.25, -0.2) is 9.48 Å². The first-order valence-corrected chi connectivity index (χ1v) is 5.95. The van der Waals surface area contributed by atoms with Crippen LogP contribution in [0, 0.1) is 5.92 Å². The van der Waals surface area contributed by atoms with Gasteiger partial charge in [-0.1, -0.05) is 12.1 Å². The van der Waals surface area contributed by atoms with Gasteiger partial charge in [0.2, 0.25) is 0 Å². The molecular weight excluding hydrogens is 222 g/mol. The van der Waals surface area contributed by atoms with Crippen molar-refractivity contribution in [1.82, 2.24) is 15.0 Å². The Morgan fingerprint density at radius 3 is 2.82 bits per heavy atom. The molecule has 0 aromatic carbocycles. The van der Waals surface area contributed by atoms with Gasteiger partial charge in [0.25, 0.3) is 0 Å². The van der Waals surface area contributed by atoms with E-state index in [2.05, 4.69) is 10.3 Å². The standard InChI is InChI=1S/C11H17N3O3/c1-2-9-10(11(15)16)12-13-14(9)7-8-3-5-17-6-4-8/h8H,2-7H2,1H3,(H,15,16). The predicted molar refractivity (Wildman–Crippen MR) is 59.9 cm³/mol. The molecule has 0 unspecified atom stereocenters. The molecule has 1 aromatic heterocycles. The Labute approximate surface area is 99.6 Å². The van der Waals surface area contributed by atoms with E-state index in [0.29, 0.717) is 18.0 Å². The molecule has 0 radical (unpaired) electrons. The van der Waals surface area contributed by atoms with Gasteiger partial charge in [-0.15, -0.1) is 5.10 Å². The lowest BCUT2D eigenvalue weighted by atomic mass is 10.0. The van der Waals surface area contributed by atoms with Crippen molar-refractivity contribution >= 4 is 5.97 Å². The van der Waals surface area contributed by atoms with E-state index < -0.39 is 5.97 Å². The van der Waals surface area contributed by atoms with E-state index in [1.165, 1.54) is 0 Å². The number of carbonyl (C=O) groups is 1. The average molecular weight is 239 g/mol. The third-order valence-electron chi connectivity index (χ3n) is 3.15. The highest BCUT2D eigenvalue weighted by molar-refractivity contribution is 5.86. The van der Waals surface area contributed by atoms with E-state index >= 15 is 0 Å². The Bertz CT molecular complexity index is 397. The summed E-state index contributed by atoms with van der Waals surface area (Å²) in [6.07, 6.45) is 2.65. The Kier molecular flexibility index (Phi) is 3.73. The van der Waals surface area contributed by atoms with Crippen LogP contribution in [0.2, 0.25) is 0 Å². The van der Waals surface area contributed by atoms with Crippen molar-refractivity contribution in [2.24, 2.45) is 5.92 Å². The maximum atomic E-state index is 11.0. The minimum Gasteiger partial charge on any atom is -0.476 e. The number of aromatic carboxylic acids is 1. The minimum atomic E-state index is -1.000. The monoisotopic (exact) mass is 239 g/mol. The van der Waals surface area contributed by atoms with Gasteiger partial charge in [-0.2, -0.15) is 0 Å². The van der Waals surface area contributed by atoms with Crippen LogP contribution < -0.4 is 0 Å². The quantitative estimate of drug-likeness (QED) is 0.847. The van der Waals surface area contributed by atoms with Crippen LogP contribution in [0.25, 0.3) is 0 Å². The van der Waals surface area contributed by atoms with Gasteiger partial charge in [-0.3, -0.25) is 0 Å². The van der Waals surface area contributed by atoms with E-state index in [-0.39, 0.29) is 5.69 Å². The molecule has 17 heavy (non-hydrogen) atoms. The Hall–Kier alpha value is -1.43. The zero-order valence-electron chi connectivity index (χ0n) is 9.93. The molecule has 6 heteroatoms. The predicted octanol–water partition coefficient (Wildman–Crippen LogP) is 0.965. The Balaban J connectivity index is 2.12. The average Bonchev–Trinajstić information content (AvgIpc) is 2.73. The van der Waals surface area contributed by atoms with E-state index in [4.69, 9.17) is 9.84 Å². The summed E-state index contributed by atoms with van der Waals surface area (Å²) in [4.78, 5) is 11.0. The summed E-state index contributed by atoms with van der Waals surface area (Å²) < 4.78 is 7.03. The number of carboxylic acids is 1. The molecule has 0 saturated carbocycles. The summed E-state index contributed by atoms with van der Waals surface area (Å²) in [6.45, 7) is 4.23. The molecule has 0 amide bonds. The van der Waals surface area contributed by atoms with Crippen LogP contribution >= 0.6 is 0 Å². The fraction of sp³-hybridized carbons (Fsp3) is 0.727. The van der Waals surface area contributed by atoms with Crippen LogP contribution in [0.4, 0.5) is 0 Å². The molecular formula is C11H17N3O3. The molecule has 94 valence electrons. The van der Waals surface area contributed by atoms with E-state index in [9.17, 15) is 4.79 Å². The van der Waals surface area contributed by atoms with Gasteiger partial charge in [0.15, 0.2) is 5.69 Å². The SMILES string of the molecule is CCc1c(C(=O)O)nnn1CC1CCOCC1. The first-order chi connectivity index (χ1) is 8.22. The lowest BCUT2D eigenvalue weighted by molar-refractivity contribution is 0.0596. The second kappa shape index (κ2) is 5.27. The smallest absolute Gasteiger partial charge is 0.358 e. The van der Waals surface area contributed by atoms with E-state index in [1.54, 1.807) is 4.68 Å². The summed E-state index contributed by atoms with van der Waals surface area (Å²) in [7, 11) is 0. The lowest BCUT2D eigenvalue weighted by Gasteiger charge is -2.22. The van der Waals surface area contributed by atoms with Crippen molar-refractivity contribution in [3.05, 3.63) is 11.4 Å². The Morgan fingerprint density at radius 2 is 2.24 bits per heavy atom. The van der Waals surface area contributed by atoms with Crippen LogP contribution in [-0.2, 0) is 17.7 Å². The molecule has 1 aromatic rings. The second-order valence-corrected chi connectivity index (χ2v) is 4.28. The van der Waals surface area contributed by atoms with Gasteiger partial charge >= 0.3 is 5.97 Å². The van der Waals surface area contributed by atoms with Gasteiger partial charge in [0.1, 0.15) is 0 Å². The van der Waals surface area contributed by atoms with Crippen LogP contribution in [0.1, 0.15) is 35.9 Å². The normalized spacial score (nSPS) is 17.2. The summed E-state index contributed by atoms with van der Waals surface area (Å²) in [6, 6.07) is 0. The largest absolute Gasteiger partial charge is 0.476 e. The van der Waals surface area contributed by atoms with Crippen molar-refractivity contribution in [2.75, 3.05) is 13.2 Å². The van der Waals surface area contributed by atoms with Gasteiger partial charge in [-0.05, 0) is 25.2 Å². The van der Waals surface area contributed by atoms with Gasteiger partial charge in [0.05, 0.1) is 5.69 Å². The van der Waals surface area contributed by atoms with Crippen molar-refractivity contribution in [3.8, 4) is 0 Å². The summed E-state index contributed by atoms with van der Waals surface area (Å²) >= 11 is 0. The molecule has 0 aliphatic carbocycles. The summed E-state index contributed by atoms with van der Waals surface area (Å²) in [5.74, 6) is -0.488. The second-order valence-electron chi connectivity index (χ2n) is 4.28. The highest BCUT2D eigenvalue weighted by Crippen LogP contribution is 2.18. The van der Waals surface area contributed by atoms with Crippen molar-refractivity contribution in [3.63, 3.8) is 0 Å². The first-order valence-electron chi connectivity index (χ1n) is 5.95. The number of nitrogens with zero attached hydrogens (tertiary/aromatic N) is 3.